The fourth-order valence-corrected chi connectivity index (χ4v) is 1.25. The van der Waals surface area contributed by atoms with Crippen LogP contribution >= 0.6 is 0 Å². The zero-order chi connectivity index (χ0) is 11.9. The van der Waals surface area contributed by atoms with E-state index in [2.05, 4.69) is 46.9 Å². The van der Waals surface area contributed by atoms with Gasteiger partial charge in [0.1, 0.15) is 0 Å². The second kappa shape index (κ2) is 6.49. The van der Waals surface area contributed by atoms with E-state index in [-0.39, 0.29) is 11.1 Å². The predicted molar refractivity (Wildman–Crippen MR) is 67.3 cm³/mol. The normalized spacial score (nSPS) is 13.2. The Hall–Kier alpha value is -0.0800. The number of hydrogen-bond donors (Lipinski definition) is 1. The van der Waals surface area contributed by atoms with Crippen LogP contribution in [0.25, 0.3) is 0 Å². The summed E-state index contributed by atoms with van der Waals surface area (Å²) in [7, 11) is 0. The van der Waals surface area contributed by atoms with Gasteiger partial charge in [0.15, 0.2) is 0 Å². The molecular weight excluding hydrogens is 186 g/mol. The van der Waals surface area contributed by atoms with Crippen molar-refractivity contribution >= 4 is 0 Å². The van der Waals surface area contributed by atoms with Crippen LogP contribution < -0.4 is 5.32 Å². The first kappa shape index (κ1) is 14.9. The Balaban J connectivity index is 3.20. The number of nitrogens with one attached hydrogen (secondary N) is 1. The van der Waals surface area contributed by atoms with Crippen LogP contribution in [0.2, 0.25) is 0 Å². The van der Waals surface area contributed by atoms with E-state index in [1.54, 1.807) is 0 Å². The lowest BCUT2D eigenvalue weighted by Gasteiger charge is -2.21. The third-order valence-electron chi connectivity index (χ3n) is 2.01. The molecular formula is C13H29NO. The lowest BCUT2D eigenvalue weighted by Crippen LogP contribution is -2.36. The molecule has 0 rings (SSSR count). The average Bonchev–Trinajstić information content (AvgIpc) is 1.98. The van der Waals surface area contributed by atoms with E-state index < -0.39 is 0 Å². The van der Waals surface area contributed by atoms with Gasteiger partial charge in [0, 0.05) is 12.1 Å². The van der Waals surface area contributed by atoms with Crippen LogP contribution in [0, 0.1) is 0 Å². The summed E-state index contributed by atoms with van der Waals surface area (Å²) in [6, 6.07) is 0. The Bertz CT molecular complexity index is 135. The zero-order valence-electron chi connectivity index (χ0n) is 11.4. The minimum absolute atomic E-state index is 0.0175. The molecule has 0 saturated heterocycles. The molecule has 0 aromatic carbocycles. The van der Waals surface area contributed by atoms with Crippen molar-refractivity contribution in [2.24, 2.45) is 0 Å². The first-order valence-electron chi connectivity index (χ1n) is 6.10. The average molecular weight is 215 g/mol. The summed E-state index contributed by atoms with van der Waals surface area (Å²) >= 11 is 0. The van der Waals surface area contributed by atoms with Crippen LogP contribution in [-0.4, -0.2) is 24.3 Å². The molecule has 0 atom stereocenters. The first-order valence-corrected chi connectivity index (χ1v) is 6.10. The summed E-state index contributed by atoms with van der Waals surface area (Å²) in [5.74, 6) is 0. The van der Waals surface area contributed by atoms with Crippen molar-refractivity contribution in [3.05, 3.63) is 0 Å². The van der Waals surface area contributed by atoms with Gasteiger partial charge in [0.05, 0.1) is 5.60 Å². The summed E-state index contributed by atoms with van der Waals surface area (Å²) in [5, 5.41) is 3.49. The van der Waals surface area contributed by atoms with Gasteiger partial charge in [-0.25, -0.2) is 0 Å². The van der Waals surface area contributed by atoms with Gasteiger partial charge in [-0.05, 0) is 67.3 Å². The Labute approximate surface area is 95.8 Å². The standard InChI is InChI=1S/C13H29NO/c1-12(2,3)14-10-8-7-9-11-15-13(4,5)6/h14H,7-11H2,1-6H3. The van der Waals surface area contributed by atoms with Crippen molar-refractivity contribution in [3.8, 4) is 0 Å². The van der Waals surface area contributed by atoms with Gasteiger partial charge >= 0.3 is 0 Å². The Kier molecular flexibility index (Phi) is 6.46. The second-order valence-corrected chi connectivity index (χ2v) is 6.20. The fourth-order valence-electron chi connectivity index (χ4n) is 1.25. The molecule has 15 heavy (non-hydrogen) atoms. The van der Waals surface area contributed by atoms with Crippen molar-refractivity contribution in [1.29, 1.82) is 0 Å². The fraction of sp³-hybridized carbons (Fsp3) is 1.00. The zero-order valence-corrected chi connectivity index (χ0v) is 11.4. The van der Waals surface area contributed by atoms with Crippen LogP contribution in [0.4, 0.5) is 0 Å². The SMILES string of the molecule is CC(C)(C)NCCCCCOC(C)(C)C. The van der Waals surface area contributed by atoms with Crippen molar-refractivity contribution in [1.82, 2.24) is 5.32 Å². The van der Waals surface area contributed by atoms with Crippen LogP contribution in [0.5, 0.6) is 0 Å². The molecule has 2 heteroatoms. The van der Waals surface area contributed by atoms with E-state index in [1.807, 2.05) is 0 Å². The quantitative estimate of drug-likeness (QED) is 0.686. The highest BCUT2D eigenvalue weighted by Crippen LogP contribution is 2.08. The summed E-state index contributed by atoms with van der Waals surface area (Å²) in [4.78, 5) is 0. The van der Waals surface area contributed by atoms with E-state index in [4.69, 9.17) is 4.74 Å². The molecule has 0 heterocycles. The number of unbranched alkanes of at least 4 members (excludes halogenated alkanes) is 2. The maximum atomic E-state index is 5.66. The van der Waals surface area contributed by atoms with Gasteiger partial charge < -0.3 is 10.1 Å². The van der Waals surface area contributed by atoms with Crippen molar-refractivity contribution in [2.45, 2.75) is 71.9 Å². The minimum atomic E-state index is 0.0175. The highest BCUT2D eigenvalue weighted by atomic mass is 16.5. The summed E-state index contributed by atoms with van der Waals surface area (Å²) in [6.45, 7) is 14.9. The van der Waals surface area contributed by atoms with Gasteiger partial charge in [-0.3, -0.25) is 0 Å². The van der Waals surface area contributed by atoms with Gasteiger partial charge in [0.2, 0.25) is 0 Å². The van der Waals surface area contributed by atoms with Gasteiger partial charge in [-0.1, -0.05) is 0 Å². The second-order valence-electron chi connectivity index (χ2n) is 6.20. The molecule has 0 aromatic heterocycles. The van der Waals surface area contributed by atoms with Crippen molar-refractivity contribution in [3.63, 3.8) is 0 Å². The number of ether oxygens (including phenoxy) is 1. The van der Waals surface area contributed by atoms with Gasteiger partial charge in [0.25, 0.3) is 0 Å². The lowest BCUT2D eigenvalue weighted by molar-refractivity contribution is -0.00470. The monoisotopic (exact) mass is 215 g/mol. The topological polar surface area (TPSA) is 21.3 Å². The predicted octanol–water partition coefficient (Wildman–Crippen LogP) is 3.36. The van der Waals surface area contributed by atoms with E-state index in [1.165, 1.54) is 19.3 Å². The largest absolute Gasteiger partial charge is 0.376 e. The molecule has 0 radical (unpaired) electrons. The molecule has 2 nitrogen and oxygen atoms in total. The van der Waals surface area contributed by atoms with Crippen LogP contribution in [0.3, 0.4) is 0 Å². The third-order valence-corrected chi connectivity index (χ3v) is 2.01. The van der Waals surface area contributed by atoms with Crippen LogP contribution in [0.15, 0.2) is 0 Å². The summed E-state index contributed by atoms with van der Waals surface area (Å²) < 4.78 is 5.66. The van der Waals surface area contributed by atoms with E-state index in [0.717, 1.165) is 13.2 Å². The van der Waals surface area contributed by atoms with E-state index >= 15 is 0 Å². The summed E-state index contributed by atoms with van der Waals surface area (Å²) in [5.41, 5.74) is 0.269. The van der Waals surface area contributed by atoms with Crippen molar-refractivity contribution < 1.29 is 4.74 Å². The van der Waals surface area contributed by atoms with Gasteiger partial charge in [-0.2, -0.15) is 0 Å². The molecule has 0 aliphatic carbocycles. The molecule has 0 bridgehead atoms. The molecule has 0 aromatic rings. The summed E-state index contributed by atoms with van der Waals surface area (Å²) in [6.07, 6.45) is 3.66. The highest BCUT2D eigenvalue weighted by molar-refractivity contribution is 4.69. The molecule has 0 fully saturated rings. The van der Waals surface area contributed by atoms with E-state index in [9.17, 15) is 0 Å². The Morgan fingerprint density at radius 1 is 0.867 bits per heavy atom. The number of rotatable bonds is 6. The Morgan fingerprint density at radius 3 is 1.93 bits per heavy atom. The lowest BCUT2D eigenvalue weighted by atomic mass is 10.1. The van der Waals surface area contributed by atoms with Crippen LogP contribution in [0.1, 0.15) is 60.8 Å². The minimum Gasteiger partial charge on any atom is -0.376 e. The van der Waals surface area contributed by atoms with Crippen LogP contribution in [-0.2, 0) is 4.74 Å². The maximum absolute atomic E-state index is 5.66. The molecule has 0 aliphatic rings. The molecule has 0 saturated carbocycles. The molecule has 0 spiro atoms. The Morgan fingerprint density at radius 2 is 1.47 bits per heavy atom. The van der Waals surface area contributed by atoms with Crippen molar-refractivity contribution in [2.75, 3.05) is 13.2 Å². The molecule has 1 N–H and O–H groups in total. The smallest absolute Gasteiger partial charge is 0.0598 e. The maximum Gasteiger partial charge on any atom is 0.0598 e. The molecule has 92 valence electrons. The number of hydrogen-bond acceptors (Lipinski definition) is 2. The molecule has 0 unspecified atom stereocenters. The molecule has 0 aliphatic heterocycles. The van der Waals surface area contributed by atoms with E-state index in [0.29, 0.717) is 0 Å². The highest BCUT2D eigenvalue weighted by Gasteiger charge is 2.09. The third kappa shape index (κ3) is 13.9. The first-order chi connectivity index (χ1) is 6.71. The van der Waals surface area contributed by atoms with Gasteiger partial charge in [-0.15, -0.1) is 0 Å². The molecule has 0 amide bonds.